The average molecular weight is 412 g/mol. The molecular weight excluding hydrogens is 382 g/mol. The molecule has 0 spiro atoms. The van der Waals surface area contributed by atoms with Gasteiger partial charge >= 0.3 is 6.09 Å². The van der Waals surface area contributed by atoms with Gasteiger partial charge in [0.25, 0.3) is 0 Å². The second-order valence-electron chi connectivity index (χ2n) is 7.04. The van der Waals surface area contributed by atoms with Crippen molar-refractivity contribution in [2.24, 2.45) is 0 Å². The molecule has 28 heavy (non-hydrogen) atoms. The van der Waals surface area contributed by atoms with Crippen LogP contribution in [0.15, 0.2) is 18.2 Å². The summed E-state index contributed by atoms with van der Waals surface area (Å²) in [4.78, 5) is 28.0. The fourth-order valence-corrected chi connectivity index (χ4v) is 4.54. The van der Waals surface area contributed by atoms with Gasteiger partial charge in [0.2, 0.25) is 15.9 Å². The predicted molar refractivity (Wildman–Crippen MR) is 108 cm³/mol. The standard InChI is InChI=1S/C19H29N3O5S/c1-6-27-19(24)21-11-9-20(10-12-21)18(23)16(4)22(28(5,25)26)17-13-14(2)7-8-15(17)3/h7-8,13,16H,6,9-12H2,1-5H3/t16-/m1/s1. The second kappa shape index (κ2) is 8.81. The van der Waals surface area contributed by atoms with Crippen LogP contribution in [0.3, 0.4) is 0 Å². The zero-order valence-electron chi connectivity index (χ0n) is 17.1. The highest BCUT2D eigenvalue weighted by atomic mass is 32.2. The summed E-state index contributed by atoms with van der Waals surface area (Å²) in [5.74, 6) is -0.283. The van der Waals surface area contributed by atoms with Crippen molar-refractivity contribution in [1.82, 2.24) is 9.80 Å². The summed E-state index contributed by atoms with van der Waals surface area (Å²) in [6.07, 6.45) is 0.716. The Labute approximate surface area is 167 Å². The van der Waals surface area contributed by atoms with Gasteiger partial charge in [-0.3, -0.25) is 9.10 Å². The number of ether oxygens (including phenoxy) is 1. The molecule has 1 atom stereocenters. The number of carbonyl (C=O) groups excluding carboxylic acids is 2. The smallest absolute Gasteiger partial charge is 0.409 e. The van der Waals surface area contributed by atoms with Crippen LogP contribution in [-0.2, 0) is 19.6 Å². The lowest BCUT2D eigenvalue weighted by atomic mass is 10.1. The molecule has 1 aromatic carbocycles. The zero-order chi connectivity index (χ0) is 21.1. The van der Waals surface area contributed by atoms with Crippen LogP contribution in [0.4, 0.5) is 10.5 Å². The first-order valence-corrected chi connectivity index (χ1v) is 11.2. The Kier molecular flexibility index (Phi) is 6.92. The fourth-order valence-electron chi connectivity index (χ4n) is 3.32. The maximum absolute atomic E-state index is 13.0. The first-order chi connectivity index (χ1) is 13.1. The maximum atomic E-state index is 13.0. The normalized spacial score (nSPS) is 15.9. The van der Waals surface area contributed by atoms with Crippen molar-refractivity contribution in [3.05, 3.63) is 29.3 Å². The molecule has 0 unspecified atom stereocenters. The molecule has 1 saturated heterocycles. The number of piperazine rings is 1. The van der Waals surface area contributed by atoms with E-state index in [1.165, 1.54) is 4.31 Å². The van der Waals surface area contributed by atoms with Crippen molar-refractivity contribution < 1.29 is 22.7 Å². The summed E-state index contributed by atoms with van der Waals surface area (Å²) in [6.45, 7) is 8.74. The number of nitrogens with zero attached hydrogens (tertiary/aromatic N) is 3. The van der Waals surface area contributed by atoms with Gasteiger partial charge in [-0.15, -0.1) is 0 Å². The molecule has 0 saturated carbocycles. The number of carbonyl (C=O) groups is 2. The lowest BCUT2D eigenvalue weighted by molar-refractivity contribution is -0.133. The summed E-state index contributed by atoms with van der Waals surface area (Å²) >= 11 is 0. The predicted octanol–water partition coefficient (Wildman–Crippen LogP) is 1.76. The molecule has 1 aliphatic rings. The molecule has 1 fully saturated rings. The van der Waals surface area contributed by atoms with Gasteiger partial charge in [0.15, 0.2) is 0 Å². The summed E-state index contributed by atoms with van der Waals surface area (Å²) in [5.41, 5.74) is 2.20. The second-order valence-corrected chi connectivity index (χ2v) is 8.90. The first-order valence-electron chi connectivity index (χ1n) is 9.33. The minimum atomic E-state index is -3.67. The van der Waals surface area contributed by atoms with E-state index in [0.717, 1.165) is 17.4 Å². The molecule has 0 bridgehead atoms. The molecule has 2 amide bonds. The van der Waals surface area contributed by atoms with Crippen molar-refractivity contribution in [2.45, 2.75) is 33.7 Å². The molecule has 0 aliphatic carbocycles. The van der Waals surface area contributed by atoms with E-state index >= 15 is 0 Å². The third-order valence-corrected chi connectivity index (χ3v) is 6.01. The number of amides is 2. The van der Waals surface area contributed by atoms with Crippen LogP contribution in [0, 0.1) is 13.8 Å². The number of anilines is 1. The number of hydrogen-bond acceptors (Lipinski definition) is 5. The van der Waals surface area contributed by atoms with Crippen LogP contribution in [0.25, 0.3) is 0 Å². The minimum absolute atomic E-state index is 0.283. The molecule has 2 rings (SSSR count). The Morgan fingerprint density at radius 3 is 2.25 bits per heavy atom. The van der Waals surface area contributed by atoms with Crippen molar-refractivity contribution in [1.29, 1.82) is 0 Å². The SMILES string of the molecule is CCOC(=O)N1CCN(C(=O)[C@@H](C)N(c2cc(C)ccc2C)S(C)(=O)=O)CC1. The Hall–Kier alpha value is -2.29. The quantitative estimate of drug-likeness (QED) is 0.737. The van der Waals surface area contributed by atoms with E-state index in [-0.39, 0.29) is 5.91 Å². The topological polar surface area (TPSA) is 87.2 Å². The minimum Gasteiger partial charge on any atom is -0.450 e. The van der Waals surface area contributed by atoms with Gasteiger partial charge in [0, 0.05) is 26.2 Å². The molecule has 9 heteroatoms. The van der Waals surface area contributed by atoms with Crippen LogP contribution in [0.1, 0.15) is 25.0 Å². The van der Waals surface area contributed by atoms with E-state index in [1.807, 2.05) is 26.0 Å². The number of aryl methyl sites for hydroxylation is 2. The highest BCUT2D eigenvalue weighted by molar-refractivity contribution is 7.92. The number of rotatable bonds is 5. The number of benzene rings is 1. The monoisotopic (exact) mass is 411 g/mol. The van der Waals surface area contributed by atoms with Crippen LogP contribution in [0.5, 0.6) is 0 Å². The Bertz CT molecular complexity index is 832. The van der Waals surface area contributed by atoms with Gasteiger partial charge in [-0.2, -0.15) is 0 Å². The molecule has 0 N–H and O–H groups in total. The Morgan fingerprint density at radius 1 is 1.14 bits per heavy atom. The summed E-state index contributed by atoms with van der Waals surface area (Å²) in [5, 5.41) is 0. The molecule has 1 heterocycles. The molecular formula is C19H29N3O5S. The van der Waals surface area contributed by atoms with Crippen molar-refractivity contribution >= 4 is 27.7 Å². The third kappa shape index (κ3) is 4.95. The molecule has 156 valence electrons. The number of hydrogen-bond donors (Lipinski definition) is 0. The summed E-state index contributed by atoms with van der Waals surface area (Å²) in [6, 6.07) is 4.64. The van der Waals surface area contributed by atoms with E-state index in [0.29, 0.717) is 38.5 Å². The Balaban J connectivity index is 2.19. The molecule has 1 aromatic rings. The van der Waals surface area contributed by atoms with Gasteiger partial charge in [-0.25, -0.2) is 13.2 Å². The van der Waals surface area contributed by atoms with E-state index in [1.54, 1.807) is 29.7 Å². The lowest BCUT2D eigenvalue weighted by Gasteiger charge is -2.38. The average Bonchev–Trinajstić information content (AvgIpc) is 2.63. The largest absolute Gasteiger partial charge is 0.450 e. The highest BCUT2D eigenvalue weighted by Gasteiger charge is 2.34. The lowest BCUT2D eigenvalue weighted by Crippen LogP contribution is -2.56. The van der Waals surface area contributed by atoms with Crippen LogP contribution in [-0.4, -0.2) is 75.3 Å². The summed E-state index contributed by atoms with van der Waals surface area (Å²) < 4.78 is 31.2. The molecule has 1 aliphatic heterocycles. The van der Waals surface area contributed by atoms with Gasteiger partial charge in [0.1, 0.15) is 6.04 Å². The number of sulfonamides is 1. The van der Waals surface area contributed by atoms with Crippen LogP contribution in [0.2, 0.25) is 0 Å². The fraction of sp³-hybridized carbons (Fsp3) is 0.579. The van der Waals surface area contributed by atoms with Gasteiger partial charge in [-0.1, -0.05) is 12.1 Å². The van der Waals surface area contributed by atoms with Crippen molar-refractivity contribution in [3.8, 4) is 0 Å². The maximum Gasteiger partial charge on any atom is 0.409 e. The van der Waals surface area contributed by atoms with Gasteiger partial charge in [0.05, 0.1) is 18.6 Å². The van der Waals surface area contributed by atoms with Crippen LogP contribution < -0.4 is 4.31 Å². The Morgan fingerprint density at radius 2 is 1.71 bits per heavy atom. The van der Waals surface area contributed by atoms with E-state index in [4.69, 9.17) is 4.74 Å². The third-order valence-electron chi connectivity index (χ3n) is 4.79. The van der Waals surface area contributed by atoms with Gasteiger partial charge in [-0.05, 0) is 44.9 Å². The molecule has 0 aromatic heterocycles. The molecule has 0 radical (unpaired) electrons. The first kappa shape index (κ1) is 22.0. The van der Waals surface area contributed by atoms with E-state index in [2.05, 4.69) is 0 Å². The van der Waals surface area contributed by atoms with Crippen LogP contribution >= 0.6 is 0 Å². The van der Waals surface area contributed by atoms with E-state index < -0.39 is 22.2 Å². The van der Waals surface area contributed by atoms with Gasteiger partial charge < -0.3 is 14.5 Å². The van der Waals surface area contributed by atoms with Crippen molar-refractivity contribution in [2.75, 3.05) is 43.3 Å². The highest BCUT2D eigenvalue weighted by Crippen LogP contribution is 2.27. The molecule has 8 nitrogen and oxygen atoms in total. The van der Waals surface area contributed by atoms with E-state index in [9.17, 15) is 18.0 Å². The zero-order valence-corrected chi connectivity index (χ0v) is 18.0. The van der Waals surface area contributed by atoms with Crippen molar-refractivity contribution in [3.63, 3.8) is 0 Å². The summed E-state index contributed by atoms with van der Waals surface area (Å²) in [7, 11) is -3.67.